The van der Waals surface area contributed by atoms with E-state index in [-0.39, 0.29) is 5.91 Å². The van der Waals surface area contributed by atoms with E-state index in [4.69, 9.17) is 5.73 Å². The molecule has 1 aliphatic rings. The molecular weight excluding hydrogens is 210 g/mol. The van der Waals surface area contributed by atoms with Gasteiger partial charge in [-0.15, -0.1) is 11.3 Å². The van der Waals surface area contributed by atoms with Crippen molar-refractivity contribution in [2.24, 2.45) is 5.92 Å². The van der Waals surface area contributed by atoms with Crippen molar-refractivity contribution in [3.63, 3.8) is 0 Å². The van der Waals surface area contributed by atoms with Gasteiger partial charge in [-0.05, 0) is 25.2 Å². The molecule has 82 valence electrons. The van der Waals surface area contributed by atoms with Gasteiger partial charge in [-0.1, -0.05) is 6.92 Å². The lowest BCUT2D eigenvalue weighted by Gasteiger charge is -2.10. The van der Waals surface area contributed by atoms with Gasteiger partial charge in [0.15, 0.2) is 5.13 Å². The molecule has 0 aromatic carbocycles. The van der Waals surface area contributed by atoms with E-state index in [1.165, 1.54) is 17.8 Å². The molecule has 2 rings (SSSR count). The second-order valence-corrected chi connectivity index (χ2v) is 5.05. The van der Waals surface area contributed by atoms with Crippen molar-refractivity contribution < 1.29 is 4.79 Å². The van der Waals surface area contributed by atoms with Gasteiger partial charge < -0.3 is 11.1 Å². The Kier molecular flexibility index (Phi) is 2.90. The lowest BCUT2D eigenvalue weighted by Crippen LogP contribution is -2.33. The monoisotopic (exact) mass is 225 g/mol. The smallest absolute Gasteiger partial charge is 0.271 e. The molecule has 2 atom stereocenters. The molecule has 1 fully saturated rings. The van der Waals surface area contributed by atoms with Gasteiger partial charge in [0, 0.05) is 11.4 Å². The second-order valence-electron chi connectivity index (χ2n) is 4.16. The van der Waals surface area contributed by atoms with Crippen molar-refractivity contribution in [2.45, 2.75) is 32.2 Å². The molecule has 3 N–H and O–H groups in total. The summed E-state index contributed by atoms with van der Waals surface area (Å²) in [5.41, 5.74) is 5.92. The van der Waals surface area contributed by atoms with Gasteiger partial charge in [-0.25, -0.2) is 4.98 Å². The van der Waals surface area contributed by atoms with E-state index in [1.807, 2.05) is 0 Å². The highest BCUT2D eigenvalue weighted by Gasteiger charge is 2.23. The van der Waals surface area contributed by atoms with Gasteiger partial charge in [-0.3, -0.25) is 4.79 Å². The second kappa shape index (κ2) is 4.18. The van der Waals surface area contributed by atoms with Crippen LogP contribution in [-0.2, 0) is 0 Å². The van der Waals surface area contributed by atoms with Gasteiger partial charge in [0.05, 0.1) is 0 Å². The van der Waals surface area contributed by atoms with Crippen molar-refractivity contribution in [2.75, 3.05) is 5.73 Å². The van der Waals surface area contributed by atoms with Crippen LogP contribution in [0, 0.1) is 5.92 Å². The Morgan fingerprint density at radius 2 is 2.47 bits per heavy atom. The number of nitrogen functional groups attached to an aromatic ring is 1. The predicted octanol–water partition coefficient (Wildman–Crippen LogP) is 1.64. The molecule has 1 aromatic rings. The van der Waals surface area contributed by atoms with E-state index in [0.29, 0.717) is 16.9 Å². The number of rotatable bonds is 2. The molecular formula is C10H15N3OS. The van der Waals surface area contributed by atoms with Crippen LogP contribution in [0.3, 0.4) is 0 Å². The van der Waals surface area contributed by atoms with Crippen LogP contribution in [0.2, 0.25) is 0 Å². The number of hydrogen-bond acceptors (Lipinski definition) is 4. The lowest BCUT2D eigenvalue weighted by molar-refractivity contribution is 0.0933. The molecule has 15 heavy (non-hydrogen) atoms. The summed E-state index contributed by atoms with van der Waals surface area (Å²) in [6.07, 6.45) is 3.35. The summed E-state index contributed by atoms with van der Waals surface area (Å²) in [4.78, 5) is 15.7. The summed E-state index contributed by atoms with van der Waals surface area (Å²) in [7, 11) is 0. The number of nitrogens with zero attached hydrogens (tertiary/aromatic N) is 1. The predicted molar refractivity (Wildman–Crippen MR) is 60.8 cm³/mol. The van der Waals surface area contributed by atoms with Crippen molar-refractivity contribution in [3.8, 4) is 0 Å². The first-order valence-corrected chi connectivity index (χ1v) is 6.05. The fraction of sp³-hybridized carbons (Fsp3) is 0.600. The Morgan fingerprint density at radius 3 is 3.00 bits per heavy atom. The topological polar surface area (TPSA) is 68.0 Å². The Labute approximate surface area is 92.9 Å². The van der Waals surface area contributed by atoms with E-state index >= 15 is 0 Å². The van der Waals surface area contributed by atoms with Crippen LogP contribution < -0.4 is 11.1 Å². The van der Waals surface area contributed by atoms with Crippen molar-refractivity contribution in [1.29, 1.82) is 0 Å². The lowest BCUT2D eigenvalue weighted by atomic mass is 10.1. The number of amides is 1. The first kappa shape index (κ1) is 10.4. The minimum Gasteiger partial charge on any atom is -0.375 e. The molecule has 1 saturated carbocycles. The molecule has 4 nitrogen and oxygen atoms in total. The quantitative estimate of drug-likeness (QED) is 0.804. The molecule has 0 radical (unpaired) electrons. The van der Waals surface area contributed by atoms with Gasteiger partial charge in [-0.2, -0.15) is 0 Å². The van der Waals surface area contributed by atoms with Crippen LogP contribution >= 0.6 is 11.3 Å². The Morgan fingerprint density at radius 1 is 1.67 bits per heavy atom. The standard InChI is InChI=1S/C10H15N3OS/c1-6-2-3-7(4-6)12-9(14)8-5-15-10(11)13-8/h5-7H,2-4H2,1H3,(H2,11,13)(H,12,14). The van der Waals surface area contributed by atoms with E-state index < -0.39 is 0 Å². The average Bonchev–Trinajstić information content (AvgIpc) is 2.75. The maximum atomic E-state index is 11.7. The minimum absolute atomic E-state index is 0.0953. The highest BCUT2D eigenvalue weighted by molar-refractivity contribution is 7.13. The molecule has 1 amide bonds. The van der Waals surface area contributed by atoms with Crippen LogP contribution in [0.4, 0.5) is 5.13 Å². The van der Waals surface area contributed by atoms with E-state index in [0.717, 1.165) is 18.8 Å². The summed E-state index contributed by atoms with van der Waals surface area (Å²) >= 11 is 1.30. The number of carbonyl (C=O) groups is 1. The van der Waals surface area contributed by atoms with E-state index in [9.17, 15) is 4.79 Å². The SMILES string of the molecule is CC1CCC(NC(=O)c2csc(N)n2)C1. The highest BCUT2D eigenvalue weighted by Crippen LogP contribution is 2.24. The Hall–Kier alpha value is -1.10. The zero-order chi connectivity index (χ0) is 10.8. The molecule has 1 heterocycles. The Balaban J connectivity index is 1.92. The molecule has 0 saturated heterocycles. The average molecular weight is 225 g/mol. The third kappa shape index (κ3) is 2.47. The largest absolute Gasteiger partial charge is 0.375 e. The van der Waals surface area contributed by atoms with Crippen molar-refractivity contribution >= 4 is 22.4 Å². The minimum atomic E-state index is -0.0953. The summed E-state index contributed by atoms with van der Waals surface area (Å²) in [5, 5.41) is 5.13. The number of anilines is 1. The fourth-order valence-corrected chi connectivity index (χ4v) is 2.53. The molecule has 2 unspecified atom stereocenters. The molecule has 0 aliphatic heterocycles. The van der Waals surface area contributed by atoms with Crippen LogP contribution in [0.25, 0.3) is 0 Å². The van der Waals surface area contributed by atoms with Crippen LogP contribution in [0.5, 0.6) is 0 Å². The highest BCUT2D eigenvalue weighted by atomic mass is 32.1. The molecule has 1 aromatic heterocycles. The number of aromatic nitrogens is 1. The summed E-state index contributed by atoms with van der Waals surface area (Å²) < 4.78 is 0. The first-order valence-electron chi connectivity index (χ1n) is 5.17. The van der Waals surface area contributed by atoms with Gasteiger partial charge in [0.1, 0.15) is 5.69 Å². The molecule has 0 spiro atoms. The number of carbonyl (C=O) groups excluding carboxylic acids is 1. The molecule has 1 aliphatic carbocycles. The van der Waals surface area contributed by atoms with Crippen LogP contribution in [-0.4, -0.2) is 16.9 Å². The van der Waals surface area contributed by atoms with Gasteiger partial charge in [0.25, 0.3) is 5.91 Å². The summed E-state index contributed by atoms with van der Waals surface area (Å²) in [5.74, 6) is 0.623. The number of nitrogens with two attached hydrogens (primary N) is 1. The number of nitrogens with one attached hydrogen (secondary N) is 1. The van der Waals surface area contributed by atoms with Gasteiger partial charge >= 0.3 is 0 Å². The van der Waals surface area contributed by atoms with Crippen molar-refractivity contribution in [1.82, 2.24) is 10.3 Å². The maximum Gasteiger partial charge on any atom is 0.271 e. The number of hydrogen-bond donors (Lipinski definition) is 2. The first-order chi connectivity index (χ1) is 7.15. The van der Waals surface area contributed by atoms with Crippen molar-refractivity contribution in [3.05, 3.63) is 11.1 Å². The zero-order valence-corrected chi connectivity index (χ0v) is 9.51. The Bertz CT molecular complexity index is 363. The van der Waals surface area contributed by atoms with E-state index in [2.05, 4.69) is 17.2 Å². The summed E-state index contributed by atoms with van der Waals surface area (Å²) in [6, 6.07) is 0.315. The normalized spacial score (nSPS) is 25.4. The van der Waals surface area contributed by atoms with Crippen LogP contribution in [0.15, 0.2) is 5.38 Å². The third-order valence-corrected chi connectivity index (χ3v) is 3.46. The zero-order valence-electron chi connectivity index (χ0n) is 8.69. The molecule has 5 heteroatoms. The third-order valence-electron chi connectivity index (χ3n) is 2.78. The van der Waals surface area contributed by atoms with Crippen LogP contribution in [0.1, 0.15) is 36.7 Å². The fourth-order valence-electron chi connectivity index (χ4n) is 1.99. The maximum absolute atomic E-state index is 11.7. The summed E-state index contributed by atoms with van der Waals surface area (Å²) in [6.45, 7) is 2.22. The number of thiazole rings is 1. The molecule has 0 bridgehead atoms. The van der Waals surface area contributed by atoms with Gasteiger partial charge in [0.2, 0.25) is 0 Å². The van der Waals surface area contributed by atoms with E-state index in [1.54, 1.807) is 5.38 Å².